The Morgan fingerprint density at radius 2 is 1.74 bits per heavy atom. The highest BCUT2D eigenvalue weighted by Gasteiger charge is 2.22. The lowest BCUT2D eigenvalue weighted by molar-refractivity contribution is 0.208. The fourth-order valence-corrected chi connectivity index (χ4v) is 3.78. The van der Waals surface area contributed by atoms with Gasteiger partial charge in [0.15, 0.2) is 5.82 Å². The maximum absolute atomic E-state index is 12.7. The van der Waals surface area contributed by atoms with Gasteiger partial charge >= 0.3 is 6.03 Å². The molecular weight excluding hydrogens is 390 g/mol. The van der Waals surface area contributed by atoms with E-state index in [2.05, 4.69) is 26.5 Å². The van der Waals surface area contributed by atoms with E-state index >= 15 is 0 Å². The van der Waals surface area contributed by atoms with Crippen molar-refractivity contribution in [1.82, 2.24) is 15.1 Å². The third-order valence-electron chi connectivity index (χ3n) is 5.55. The molecular formula is C24H27N5O2. The summed E-state index contributed by atoms with van der Waals surface area (Å²) in [6.45, 7) is 6.74. The van der Waals surface area contributed by atoms with Gasteiger partial charge in [0.1, 0.15) is 5.75 Å². The zero-order valence-corrected chi connectivity index (χ0v) is 18.1. The van der Waals surface area contributed by atoms with Crippen molar-refractivity contribution < 1.29 is 9.53 Å². The normalized spacial score (nSPS) is 13.8. The molecule has 1 aliphatic heterocycles. The Morgan fingerprint density at radius 1 is 0.968 bits per heavy atom. The van der Waals surface area contributed by atoms with E-state index < -0.39 is 0 Å². The topological polar surface area (TPSA) is 70.6 Å². The molecule has 2 amide bonds. The number of amides is 2. The van der Waals surface area contributed by atoms with Crippen molar-refractivity contribution in [3.05, 3.63) is 65.7 Å². The Hall–Kier alpha value is -3.61. The molecule has 2 aromatic carbocycles. The smallest absolute Gasteiger partial charge is 0.321 e. The number of carbonyl (C=O) groups is 1. The van der Waals surface area contributed by atoms with Crippen molar-refractivity contribution in [2.45, 2.75) is 13.8 Å². The lowest BCUT2D eigenvalue weighted by Gasteiger charge is -2.35. The van der Waals surface area contributed by atoms with Crippen LogP contribution in [0.15, 0.2) is 54.6 Å². The first-order valence-electron chi connectivity index (χ1n) is 10.4. The van der Waals surface area contributed by atoms with Crippen LogP contribution in [-0.2, 0) is 0 Å². The monoisotopic (exact) mass is 417 g/mol. The van der Waals surface area contributed by atoms with E-state index in [1.54, 1.807) is 7.11 Å². The Kier molecular flexibility index (Phi) is 6.02. The predicted octanol–water partition coefficient (Wildman–Crippen LogP) is 4.12. The van der Waals surface area contributed by atoms with Gasteiger partial charge in [-0.3, -0.25) is 0 Å². The summed E-state index contributed by atoms with van der Waals surface area (Å²) in [5.74, 6) is 1.58. The number of rotatable bonds is 4. The van der Waals surface area contributed by atoms with Crippen LogP contribution in [0.2, 0.25) is 0 Å². The average molecular weight is 418 g/mol. The van der Waals surface area contributed by atoms with E-state index in [0.717, 1.165) is 34.1 Å². The van der Waals surface area contributed by atoms with Crippen molar-refractivity contribution >= 4 is 17.5 Å². The average Bonchev–Trinajstić information content (AvgIpc) is 2.81. The van der Waals surface area contributed by atoms with Crippen LogP contribution in [0.1, 0.15) is 11.1 Å². The number of benzene rings is 2. The van der Waals surface area contributed by atoms with Crippen LogP contribution in [0.5, 0.6) is 5.75 Å². The van der Waals surface area contributed by atoms with E-state index in [1.165, 1.54) is 5.56 Å². The molecule has 0 atom stereocenters. The van der Waals surface area contributed by atoms with Crippen LogP contribution in [-0.4, -0.2) is 54.4 Å². The van der Waals surface area contributed by atoms with Crippen LogP contribution in [0.4, 0.5) is 16.3 Å². The Labute approximate surface area is 182 Å². The molecule has 1 N–H and O–H groups in total. The molecule has 0 saturated carbocycles. The molecule has 7 heteroatoms. The molecule has 1 fully saturated rings. The summed E-state index contributed by atoms with van der Waals surface area (Å²) in [5.41, 5.74) is 4.79. The van der Waals surface area contributed by atoms with E-state index in [1.807, 2.05) is 67.3 Å². The fourth-order valence-electron chi connectivity index (χ4n) is 3.78. The lowest BCUT2D eigenvalue weighted by atomic mass is 10.1. The minimum Gasteiger partial charge on any atom is -0.496 e. The van der Waals surface area contributed by atoms with Crippen LogP contribution in [0.25, 0.3) is 11.3 Å². The third kappa shape index (κ3) is 4.60. The van der Waals surface area contributed by atoms with Gasteiger partial charge < -0.3 is 19.9 Å². The number of ether oxygens (including phenoxy) is 1. The number of carbonyl (C=O) groups excluding carboxylic acids is 1. The van der Waals surface area contributed by atoms with Crippen molar-refractivity contribution in [2.75, 3.05) is 43.5 Å². The summed E-state index contributed by atoms with van der Waals surface area (Å²) in [6, 6.07) is 17.7. The Morgan fingerprint density at radius 3 is 2.42 bits per heavy atom. The summed E-state index contributed by atoms with van der Waals surface area (Å²) >= 11 is 0. The second-order valence-electron chi connectivity index (χ2n) is 7.70. The molecule has 1 aromatic heterocycles. The summed E-state index contributed by atoms with van der Waals surface area (Å²) in [7, 11) is 1.65. The van der Waals surface area contributed by atoms with Gasteiger partial charge in [0, 0.05) is 37.4 Å². The maximum Gasteiger partial charge on any atom is 0.321 e. The van der Waals surface area contributed by atoms with Gasteiger partial charge in [-0.15, -0.1) is 10.2 Å². The molecule has 3 aromatic rings. The van der Waals surface area contributed by atoms with Gasteiger partial charge in [-0.05, 0) is 49.7 Å². The highest BCUT2D eigenvalue weighted by Crippen LogP contribution is 2.28. The quantitative estimate of drug-likeness (QED) is 0.691. The van der Waals surface area contributed by atoms with E-state index in [9.17, 15) is 4.79 Å². The number of nitrogens with one attached hydrogen (secondary N) is 1. The molecule has 160 valence electrons. The number of aryl methyl sites for hydroxylation is 2. The Balaban J connectivity index is 1.37. The predicted molar refractivity (Wildman–Crippen MR) is 123 cm³/mol. The highest BCUT2D eigenvalue weighted by atomic mass is 16.5. The number of piperazine rings is 1. The zero-order chi connectivity index (χ0) is 21.8. The number of hydrogen-bond acceptors (Lipinski definition) is 5. The SMILES string of the molecule is COc1ccccc1-c1ccc(N2CCN(C(=O)Nc3ccc(C)cc3C)CC2)nn1. The molecule has 2 heterocycles. The summed E-state index contributed by atoms with van der Waals surface area (Å²) in [5, 5.41) is 11.8. The first-order chi connectivity index (χ1) is 15.0. The maximum atomic E-state index is 12.7. The second-order valence-corrected chi connectivity index (χ2v) is 7.70. The standard InChI is InChI=1S/C24H27N5O2/c1-17-8-9-20(18(2)16-17)25-24(30)29-14-12-28(13-15-29)23-11-10-21(26-27-23)19-6-4-5-7-22(19)31-3/h4-11,16H,12-15H2,1-3H3,(H,25,30). The largest absolute Gasteiger partial charge is 0.496 e. The van der Waals surface area contributed by atoms with Gasteiger partial charge in [0.2, 0.25) is 0 Å². The van der Waals surface area contributed by atoms with Gasteiger partial charge in [0.25, 0.3) is 0 Å². The second kappa shape index (κ2) is 9.04. The summed E-state index contributed by atoms with van der Waals surface area (Å²) < 4.78 is 5.41. The van der Waals surface area contributed by atoms with Gasteiger partial charge in [-0.1, -0.05) is 29.8 Å². The molecule has 1 saturated heterocycles. The van der Waals surface area contributed by atoms with E-state index in [-0.39, 0.29) is 6.03 Å². The zero-order valence-electron chi connectivity index (χ0n) is 18.1. The van der Waals surface area contributed by atoms with Crippen LogP contribution in [0.3, 0.4) is 0 Å². The first kappa shape index (κ1) is 20.7. The first-order valence-corrected chi connectivity index (χ1v) is 10.4. The fraction of sp³-hybridized carbons (Fsp3) is 0.292. The van der Waals surface area contributed by atoms with Crippen molar-refractivity contribution in [3.8, 4) is 17.0 Å². The highest BCUT2D eigenvalue weighted by molar-refractivity contribution is 5.90. The molecule has 0 bridgehead atoms. The summed E-state index contributed by atoms with van der Waals surface area (Å²) in [6.07, 6.45) is 0. The van der Waals surface area contributed by atoms with Gasteiger partial charge in [-0.2, -0.15) is 0 Å². The summed E-state index contributed by atoms with van der Waals surface area (Å²) in [4.78, 5) is 16.7. The van der Waals surface area contributed by atoms with Crippen molar-refractivity contribution in [1.29, 1.82) is 0 Å². The minimum absolute atomic E-state index is 0.0655. The molecule has 31 heavy (non-hydrogen) atoms. The number of methoxy groups -OCH3 is 1. The number of para-hydroxylation sites is 1. The Bertz CT molecular complexity index is 1060. The van der Waals surface area contributed by atoms with Crippen molar-refractivity contribution in [3.63, 3.8) is 0 Å². The molecule has 0 radical (unpaired) electrons. The van der Waals surface area contributed by atoms with Crippen molar-refractivity contribution in [2.24, 2.45) is 0 Å². The molecule has 0 aliphatic carbocycles. The van der Waals surface area contributed by atoms with Gasteiger partial charge in [-0.25, -0.2) is 4.79 Å². The number of aromatic nitrogens is 2. The minimum atomic E-state index is -0.0655. The number of hydrogen-bond donors (Lipinski definition) is 1. The van der Waals surface area contributed by atoms with Crippen LogP contribution in [0, 0.1) is 13.8 Å². The molecule has 0 unspecified atom stereocenters. The molecule has 7 nitrogen and oxygen atoms in total. The number of nitrogens with zero attached hydrogens (tertiary/aromatic N) is 4. The van der Waals surface area contributed by atoms with E-state index in [4.69, 9.17) is 4.74 Å². The third-order valence-corrected chi connectivity index (χ3v) is 5.55. The molecule has 4 rings (SSSR count). The molecule has 1 aliphatic rings. The molecule has 0 spiro atoms. The lowest BCUT2D eigenvalue weighted by Crippen LogP contribution is -2.50. The number of urea groups is 1. The van der Waals surface area contributed by atoms with Crippen LogP contribution < -0.4 is 15.0 Å². The van der Waals surface area contributed by atoms with E-state index in [0.29, 0.717) is 26.2 Å². The van der Waals surface area contributed by atoms with Gasteiger partial charge in [0.05, 0.1) is 12.8 Å². The van der Waals surface area contributed by atoms with Crippen LogP contribution >= 0.6 is 0 Å². The number of anilines is 2.